The van der Waals surface area contributed by atoms with Gasteiger partial charge in [0.1, 0.15) is 0 Å². The van der Waals surface area contributed by atoms with Gasteiger partial charge in [-0.1, -0.05) is 0 Å². The van der Waals surface area contributed by atoms with Crippen molar-refractivity contribution in [1.29, 1.82) is 0 Å². The van der Waals surface area contributed by atoms with E-state index in [0.717, 1.165) is 24.8 Å². The maximum absolute atomic E-state index is 11.8. The number of nitrogens with one attached hydrogen (secondary N) is 1. The summed E-state index contributed by atoms with van der Waals surface area (Å²) in [5, 5.41) is 16.4. The summed E-state index contributed by atoms with van der Waals surface area (Å²) in [6.07, 6.45) is 1.94. The fraction of sp³-hybridized carbons (Fsp3) is 0.583. The lowest BCUT2D eigenvalue weighted by Gasteiger charge is -2.13. The summed E-state index contributed by atoms with van der Waals surface area (Å²) in [6.45, 7) is 0.279. The average Bonchev–Trinajstić information content (AvgIpc) is 2.95. The minimum absolute atomic E-state index is 0.0206. The fourth-order valence-corrected chi connectivity index (χ4v) is 2.89. The summed E-state index contributed by atoms with van der Waals surface area (Å²) in [5.41, 5.74) is 6.63. The van der Waals surface area contributed by atoms with Crippen molar-refractivity contribution in [2.75, 3.05) is 6.54 Å². The second-order valence-corrected chi connectivity index (χ2v) is 5.37. The van der Waals surface area contributed by atoms with Crippen molar-refractivity contribution in [3.05, 3.63) is 22.4 Å². The van der Waals surface area contributed by atoms with E-state index in [1.54, 1.807) is 0 Å². The van der Waals surface area contributed by atoms with Gasteiger partial charge in [0.05, 0.1) is 6.10 Å². The molecule has 1 aromatic heterocycles. The summed E-state index contributed by atoms with van der Waals surface area (Å²) >= 11 is 1.54. The van der Waals surface area contributed by atoms with Crippen LogP contribution in [0.2, 0.25) is 0 Å². The first-order chi connectivity index (χ1) is 8.16. The predicted molar refractivity (Wildman–Crippen MR) is 67.6 cm³/mol. The highest BCUT2D eigenvalue weighted by Gasteiger charge is 2.27. The van der Waals surface area contributed by atoms with Crippen molar-refractivity contribution in [2.24, 2.45) is 11.7 Å². The van der Waals surface area contributed by atoms with Crippen LogP contribution in [-0.4, -0.2) is 23.6 Å². The van der Waals surface area contributed by atoms with E-state index in [1.807, 2.05) is 16.8 Å². The Morgan fingerprint density at radius 2 is 2.47 bits per heavy atom. The molecule has 94 valence electrons. The van der Waals surface area contributed by atoms with E-state index in [-0.39, 0.29) is 24.4 Å². The molecule has 0 aliphatic heterocycles. The molecule has 1 saturated carbocycles. The summed E-state index contributed by atoms with van der Waals surface area (Å²) in [4.78, 5) is 11.8. The van der Waals surface area contributed by atoms with Gasteiger partial charge in [-0.05, 0) is 41.7 Å². The van der Waals surface area contributed by atoms with Crippen LogP contribution in [0.3, 0.4) is 0 Å². The molecule has 1 aliphatic carbocycles. The summed E-state index contributed by atoms with van der Waals surface area (Å²) in [5.74, 6) is 0.0481. The zero-order chi connectivity index (χ0) is 12.3. The van der Waals surface area contributed by atoms with Crippen LogP contribution in [0.1, 0.15) is 30.9 Å². The first kappa shape index (κ1) is 12.5. The van der Waals surface area contributed by atoms with Crippen LogP contribution in [0.25, 0.3) is 0 Å². The third-order valence-corrected chi connectivity index (χ3v) is 3.94. The number of carbonyl (C=O) groups excluding carboxylic acids is 1. The minimum Gasteiger partial charge on any atom is -0.387 e. The normalized spacial score (nSPS) is 25.8. The molecule has 0 saturated heterocycles. The van der Waals surface area contributed by atoms with E-state index in [2.05, 4.69) is 5.32 Å². The molecule has 1 fully saturated rings. The van der Waals surface area contributed by atoms with Gasteiger partial charge >= 0.3 is 0 Å². The van der Waals surface area contributed by atoms with Crippen molar-refractivity contribution in [1.82, 2.24) is 5.32 Å². The fourth-order valence-electron chi connectivity index (χ4n) is 2.18. The van der Waals surface area contributed by atoms with Crippen molar-refractivity contribution in [3.63, 3.8) is 0 Å². The van der Waals surface area contributed by atoms with Crippen LogP contribution < -0.4 is 11.1 Å². The quantitative estimate of drug-likeness (QED) is 0.751. The number of rotatable bonds is 4. The highest BCUT2D eigenvalue weighted by Crippen LogP contribution is 2.24. The number of aliphatic hydroxyl groups excluding tert-OH is 1. The Hall–Kier alpha value is -0.910. The predicted octanol–water partition coefficient (Wildman–Crippen LogP) is 1.03. The van der Waals surface area contributed by atoms with Gasteiger partial charge in [0, 0.05) is 18.5 Å². The molecule has 4 N–H and O–H groups in total. The molecule has 1 heterocycles. The molecule has 1 amide bonds. The highest BCUT2D eigenvalue weighted by molar-refractivity contribution is 7.07. The number of carbonyl (C=O) groups is 1. The molecule has 0 aromatic carbocycles. The molecule has 3 unspecified atom stereocenters. The average molecular weight is 254 g/mol. The van der Waals surface area contributed by atoms with Gasteiger partial charge in [0.25, 0.3) is 0 Å². The maximum Gasteiger partial charge on any atom is 0.223 e. The monoisotopic (exact) mass is 254 g/mol. The molecule has 2 rings (SSSR count). The highest BCUT2D eigenvalue weighted by atomic mass is 32.1. The summed E-state index contributed by atoms with van der Waals surface area (Å²) in [6, 6.07) is 2.03. The lowest BCUT2D eigenvalue weighted by atomic mass is 10.1. The molecule has 5 heteroatoms. The smallest absolute Gasteiger partial charge is 0.223 e. The molecule has 0 bridgehead atoms. The standard InChI is InChI=1S/C12H18N2O2S/c13-10-2-1-8(5-10)12(16)14-6-11(15)9-3-4-17-7-9/h3-4,7-8,10-11,15H,1-2,5-6,13H2,(H,14,16). The van der Waals surface area contributed by atoms with E-state index in [0.29, 0.717) is 0 Å². The van der Waals surface area contributed by atoms with Crippen LogP contribution in [0.4, 0.5) is 0 Å². The lowest BCUT2D eigenvalue weighted by molar-refractivity contribution is -0.125. The van der Waals surface area contributed by atoms with Gasteiger partial charge in [-0.3, -0.25) is 4.79 Å². The minimum atomic E-state index is -0.611. The number of nitrogens with two attached hydrogens (primary N) is 1. The Bertz CT molecular complexity index is 367. The Morgan fingerprint density at radius 1 is 1.65 bits per heavy atom. The zero-order valence-corrected chi connectivity index (χ0v) is 10.5. The Morgan fingerprint density at radius 3 is 3.06 bits per heavy atom. The molecule has 1 aliphatic rings. The molecular formula is C12H18N2O2S. The van der Waals surface area contributed by atoms with E-state index >= 15 is 0 Å². The van der Waals surface area contributed by atoms with Crippen LogP contribution in [0, 0.1) is 5.92 Å². The van der Waals surface area contributed by atoms with Gasteiger partial charge in [-0.15, -0.1) is 0 Å². The third-order valence-electron chi connectivity index (χ3n) is 3.24. The Balaban J connectivity index is 1.76. The van der Waals surface area contributed by atoms with Crippen molar-refractivity contribution in [2.45, 2.75) is 31.4 Å². The van der Waals surface area contributed by atoms with Gasteiger partial charge in [-0.2, -0.15) is 11.3 Å². The topological polar surface area (TPSA) is 75.4 Å². The van der Waals surface area contributed by atoms with Crippen LogP contribution >= 0.6 is 11.3 Å². The molecule has 4 nitrogen and oxygen atoms in total. The van der Waals surface area contributed by atoms with Crippen LogP contribution in [0.15, 0.2) is 16.8 Å². The summed E-state index contributed by atoms with van der Waals surface area (Å²) < 4.78 is 0. The molecular weight excluding hydrogens is 236 g/mol. The number of aliphatic hydroxyl groups is 1. The van der Waals surface area contributed by atoms with E-state index in [9.17, 15) is 9.90 Å². The number of thiophene rings is 1. The number of hydrogen-bond acceptors (Lipinski definition) is 4. The van der Waals surface area contributed by atoms with Crippen LogP contribution in [0.5, 0.6) is 0 Å². The summed E-state index contributed by atoms with van der Waals surface area (Å²) in [7, 11) is 0. The molecule has 0 radical (unpaired) electrons. The van der Waals surface area contributed by atoms with Crippen molar-refractivity contribution < 1.29 is 9.90 Å². The number of amides is 1. The van der Waals surface area contributed by atoms with Crippen molar-refractivity contribution in [3.8, 4) is 0 Å². The van der Waals surface area contributed by atoms with E-state index in [1.165, 1.54) is 11.3 Å². The first-order valence-corrected chi connectivity index (χ1v) is 6.84. The third kappa shape index (κ3) is 3.28. The second kappa shape index (κ2) is 5.62. The maximum atomic E-state index is 11.8. The van der Waals surface area contributed by atoms with Gasteiger partial charge in [-0.25, -0.2) is 0 Å². The number of hydrogen-bond donors (Lipinski definition) is 3. The Kier molecular flexibility index (Phi) is 4.15. The largest absolute Gasteiger partial charge is 0.387 e. The lowest BCUT2D eigenvalue weighted by Crippen LogP contribution is -2.33. The van der Waals surface area contributed by atoms with Gasteiger partial charge < -0.3 is 16.2 Å². The second-order valence-electron chi connectivity index (χ2n) is 4.59. The molecule has 0 spiro atoms. The molecule has 17 heavy (non-hydrogen) atoms. The van der Waals surface area contributed by atoms with Gasteiger partial charge in [0.15, 0.2) is 0 Å². The van der Waals surface area contributed by atoms with Crippen LogP contribution in [-0.2, 0) is 4.79 Å². The Labute approximate surface area is 105 Å². The SMILES string of the molecule is NC1CCC(C(=O)NCC(O)c2ccsc2)C1. The van der Waals surface area contributed by atoms with Gasteiger partial charge in [0.2, 0.25) is 5.91 Å². The van der Waals surface area contributed by atoms with Crippen molar-refractivity contribution >= 4 is 17.2 Å². The molecule has 1 aromatic rings. The van der Waals surface area contributed by atoms with E-state index < -0.39 is 6.10 Å². The van der Waals surface area contributed by atoms with E-state index in [4.69, 9.17) is 5.73 Å². The molecule has 3 atom stereocenters. The first-order valence-electron chi connectivity index (χ1n) is 5.90. The zero-order valence-electron chi connectivity index (χ0n) is 9.63.